The Labute approximate surface area is 117 Å². The van der Waals surface area contributed by atoms with Gasteiger partial charge in [0.2, 0.25) is 5.91 Å². The highest BCUT2D eigenvalue weighted by molar-refractivity contribution is 5.87. The Balaban J connectivity index is 2.33. The lowest BCUT2D eigenvalue weighted by Gasteiger charge is -2.25. The molecular formula is C16H17NO3. The second-order valence-electron chi connectivity index (χ2n) is 5.18. The zero-order valence-corrected chi connectivity index (χ0v) is 11.5. The molecule has 0 aliphatic rings. The van der Waals surface area contributed by atoms with Crippen LogP contribution in [0.1, 0.15) is 19.4 Å². The van der Waals surface area contributed by atoms with Crippen LogP contribution in [0.15, 0.2) is 42.5 Å². The van der Waals surface area contributed by atoms with Crippen LogP contribution in [-0.2, 0) is 16.0 Å². The average molecular weight is 271 g/mol. The van der Waals surface area contributed by atoms with Crippen LogP contribution >= 0.6 is 0 Å². The lowest BCUT2D eigenvalue weighted by Crippen LogP contribution is -2.53. The second-order valence-corrected chi connectivity index (χ2v) is 5.18. The van der Waals surface area contributed by atoms with Crippen molar-refractivity contribution in [1.82, 2.24) is 5.32 Å². The maximum Gasteiger partial charge on any atom is 0.329 e. The fraction of sp³-hybridized carbons (Fsp3) is 0.250. The number of carboxylic acids is 1. The smallest absolute Gasteiger partial charge is 0.329 e. The molecule has 0 saturated carbocycles. The quantitative estimate of drug-likeness (QED) is 0.897. The first-order valence-corrected chi connectivity index (χ1v) is 6.40. The zero-order valence-electron chi connectivity index (χ0n) is 11.5. The molecule has 0 saturated heterocycles. The molecule has 0 fully saturated rings. The van der Waals surface area contributed by atoms with Crippen molar-refractivity contribution in [2.45, 2.75) is 25.8 Å². The molecule has 0 aliphatic heterocycles. The summed E-state index contributed by atoms with van der Waals surface area (Å²) in [4.78, 5) is 22.6. The first kappa shape index (κ1) is 14.1. The van der Waals surface area contributed by atoms with Gasteiger partial charge in [-0.1, -0.05) is 42.5 Å². The summed E-state index contributed by atoms with van der Waals surface area (Å²) in [6.45, 7) is 2.84. The molecule has 4 heteroatoms. The molecule has 1 atom stereocenters. The number of rotatable bonds is 4. The predicted molar refractivity (Wildman–Crippen MR) is 77.5 cm³/mol. The first-order valence-electron chi connectivity index (χ1n) is 6.40. The topological polar surface area (TPSA) is 66.4 Å². The van der Waals surface area contributed by atoms with Gasteiger partial charge < -0.3 is 10.4 Å². The van der Waals surface area contributed by atoms with E-state index in [4.69, 9.17) is 0 Å². The van der Waals surface area contributed by atoms with Gasteiger partial charge in [0, 0.05) is 13.3 Å². The highest BCUT2D eigenvalue weighted by Crippen LogP contribution is 2.20. The molecule has 0 heterocycles. The monoisotopic (exact) mass is 271 g/mol. The van der Waals surface area contributed by atoms with Gasteiger partial charge in [-0.15, -0.1) is 0 Å². The van der Waals surface area contributed by atoms with Crippen LogP contribution in [-0.4, -0.2) is 22.5 Å². The maximum atomic E-state index is 11.4. The Kier molecular flexibility index (Phi) is 3.74. The number of fused-ring (bicyclic) bond motifs is 1. The molecule has 20 heavy (non-hydrogen) atoms. The molecule has 2 aromatic rings. The summed E-state index contributed by atoms with van der Waals surface area (Å²) < 4.78 is 0. The van der Waals surface area contributed by atoms with Gasteiger partial charge in [0.05, 0.1) is 0 Å². The van der Waals surface area contributed by atoms with Gasteiger partial charge in [-0.2, -0.15) is 0 Å². The van der Waals surface area contributed by atoms with Gasteiger partial charge in [-0.3, -0.25) is 4.79 Å². The molecule has 0 spiro atoms. The van der Waals surface area contributed by atoms with E-state index in [1.54, 1.807) is 0 Å². The molecule has 2 aromatic carbocycles. The Morgan fingerprint density at radius 2 is 1.80 bits per heavy atom. The molecule has 4 nitrogen and oxygen atoms in total. The van der Waals surface area contributed by atoms with Crippen molar-refractivity contribution < 1.29 is 14.7 Å². The van der Waals surface area contributed by atoms with Gasteiger partial charge in [-0.25, -0.2) is 4.79 Å². The van der Waals surface area contributed by atoms with Crippen LogP contribution in [0.2, 0.25) is 0 Å². The van der Waals surface area contributed by atoms with Crippen molar-refractivity contribution >= 4 is 22.6 Å². The number of carbonyl (C=O) groups is 2. The molecule has 0 radical (unpaired) electrons. The van der Waals surface area contributed by atoms with E-state index < -0.39 is 11.5 Å². The fourth-order valence-electron chi connectivity index (χ4n) is 2.32. The number of hydrogen-bond acceptors (Lipinski definition) is 2. The number of carbonyl (C=O) groups excluding carboxylic acids is 1. The fourth-order valence-corrected chi connectivity index (χ4v) is 2.32. The van der Waals surface area contributed by atoms with Gasteiger partial charge in [0.15, 0.2) is 0 Å². The summed E-state index contributed by atoms with van der Waals surface area (Å²) in [5.41, 5.74) is -0.420. The van der Waals surface area contributed by atoms with E-state index in [2.05, 4.69) is 5.32 Å². The third kappa shape index (κ3) is 2.96. The van der Waals surface area contributed by atoms with Crippen molar-refractivity contribution in [2.75, 3.05) is 0 Å². The lowest BCUT2D eigenvalue weighted by atomic mass is 9.91. The predicted octanol–water partition coefficient (Wildman–Crippen LogP) is 2.36. The average Bonchev–Trinajstić information content (AvgIpc) is 2.37. The van der Waals surface area contributed by atoms with E-state index in [-0.39, 0.29) is 12.3 Å². The van der Waals surface area contributed by atoms with E-state index in [1.807, 2.05) is 42.5 Å². The molecule has 0 aliphatic carbocycles. The third-order valence-electron chi connectivity index (χ3n) is 3.30. The van der Waals surface area contributed by atoms with Crippen molar-refractivity contribution in [3.05, 3.63) is 48.0 Å². The first-order chi connectivity index (χ1) is 9.40. The molecule has 0 bridgehead atoms. The largest absolute Gasteiger partial charge is 0.480 e. The minimum absolute atomic E-state index is 0.243. The van der Waals surface area contributed by atoms with Gasteiger partial charge in [0.25, 0.3) is 0 Å². The van der Waals surface area contributed by atoms with Gasteiger partial charge in [-0.05, 0) is 23.3 Å². The summed E-state index contributed by atoms with van der Waals surface area (Å²) >= 11 is 0. The molecule has 2 rings (SSSR count). The standard InChI is InChI=1S/C16H17NO3/c1-11(18)17-16(2,15(19)20)10-12-7-8-13-5-3-4-6-14(13)9-12/h3-9H,10H2,1-2H3,(H,17,18)(H,19,20)/t16-/m1/s1. The highest BCUT2D eigenvalue weighted by Gasteiger charge is 2.34. The van der Waals surface area contributed by atoms with Crippen molar-refractivity contribution in [1.29, 1.82) is 0 Å². The Morgan fingerprint density at radius 1 is 1.15 bits per heavy atom. The normalized spacial score (nSPS) is 13.7. The lowest BCUT2D eigenvalue weighted by molar-refractivity contribution is -0.146. The Hall–Kier alpha value is -2.36. The Morgan fingerprint density at radius 3 is 2.40 bits per heavy atom. The molecule has 0 aromatic heterocycles. The van der Waals surface area contributed by atoms with Crippen molar-refractivity contribution in [3.8, 4) is 0 Å². The van der Waals surface area contributed by atoms with E-state index in [1.165, 1.54) is 13.8 Å². The van der Waals surface area contributed by atoms with Crippen LogP contribution in [0.4, 0.5) is 0 Å². The van der Waals surface area contributed by atoms with Crippen LogP contribution in [0, 0.1) is 0 Å². The number of aliphatic carboxylic acids is 1. The number of amides is 1. The van der Waals surface area contributed by atoms with Crippen LogP contribution in [0.3, 0.4) is 0 Å². The third-order valence-corrected chi connectivity index (χ3v) is 3.30. The molecule has 104 valence electrons. The SMILES string of the molecule is CC(=O)N[C@](C)(Cc1ccc2ccccc2c1)C(=O)O. The molecular weight excluding hydrogens is 254 g/mol. The summed E-state index contributed by atoms with van der Waals surface area (Å²) in [7, 11) is 0. The summed E-state index contributed by atoms with van der Waals surface area (Å²) in [5, 5.41) is 14.0. The summed E-state index contributed by atoms with van der Waals surface area (Å²) in [6, 6.07) is 13.7. The molecule has 0 unspecified atom stereocenters. The minimum Gasteiger partial charge on any atom is -0.480 e. The summed E-state index contributed by atoms with van der Waals surface area (Å²) in [5.74, 6) is -1.39. The molecule has 1 amide bonds. The van der Waals surface area contributed by atoms with Crippen LogP contribution in [0.25, 0.3) is 10.8 Å². The second kappa shape index (κ2) is 5.33. The maximum absolute atomic E-state index is 11.4. The summed E-state index contributed by atoms with van der Waals surface area (Å²) in [6.07, 6.45) is 0.243. The van der Waals surface area contributed by atoms with Crippen LogP contribution in [0.5, 0.6) is 0 Å². The zero-order chi connectivity index (χ0) is 14.8. The number of hydrogen-bond donors (Lipinski definition) is 2. The number of carboxylic acid groups (broad SMARTS) is 1. The minimum atomic E-state index is -1.30. The number of nitrogens with one attached hydrogen (secondary N) is 1. The van der Waals surface area contributed by atoms with Crippen molar-refractivity contribution in [2.24, 2.45) is 0 Å². The van der Waals surface area contributed by atoms with Gasteiger partial charge >= 0.3 is 5.97 Å². The van der Waals surface area contributed by atoms with E-state index in [9.17, 15) is 14.7 Å². The van der Waals surface area contributed by atoms with E-state index in [0.29, 0.717) is 0 Å². The number of benzene rings is 2. The van der Waals surface area contributed by atoms with Crippen LogP contribution < -0.4 is 5.32 Å². The molecule has 2 N–H and O–H groups in total. The van der Waals surface area contributed by atoms with Crippen molar-refractivity contribution in [3.63, 3.8) is 0 Å². The Bertz CT molecular complexity index is 666. The van der Waals surface area contributed by atoms with E-state index in [0.717, 1.165) is 16.3 Å². The van der Waals surface area contributed by atoms with Gasteiger partial charge in [0.1, 0.15) is 5.54 Å². The highest BCUT2D eigenvalue weighted by atomic mass is 16.4. The van der Waals surface area contributed by atoms with E-state index >= 15 is 0 Å².